The molecule has 0 bridgehead atoms. The van der Waals surface area contributed by atoms with Gasteiger partial charge in [-0.05, 0) is 47.1 Å². The van der Waals surface area contributed by atoms with Gasteiger partial charge in [0.1, 0.15) is 34.8 Å². The topological polar surface area (TPSA) is 119 Å². The van der Waals surface area contributed by atoms with Gasteiger partial charge in [-0.1, -0.05) is 11.6 Å². The zero-order valence-corrected chi connectivity index (χ0v) is 19.2. The second-order valence-corrected chi connectivity index (χ2v) is 9.89. The monoisotopic (exact) mass is 515 g/mol. The molecule has 6 rings (SSSR count). The molecule has 10 heteroatoms. The quantitative estimate of drug-likeness (QED) is 0.356. The summed E-state index contributed by atoms with van der Waals surface area (Å²) in [6.07, 6.45) is 2.17. The highest BCUT2D eigenvalue weighted by Gasteiger charge is 2.74. The van der Waals surface area contributed by atoms with Gasteiger partial charge < -0.3 is 25.3 Å². The lowest BCUT2D eigenvalue weighted by Gasteiger charge is -2.08. The van der Waals surface area contributed by atoms with Crippen LogP contribution >= 0.6 is 27.5 Å². The molecule has 164 valence electrons. The summed E-state index contributed by atoms with van der Waals surface area (Å²) in [6.45, 7) is 1.78. The highest BCUT2D eigenvalue weighted by Crippen LogP contribution is 2.65. The van der Waals surface area contributed by atoms with Crippen molar-refractivity contribution in [3.05, 3.63) is 52.5 Å². The fourth-order valence-electron chi connectivity index (χ4n) is 4.95. The minimum atomic E-state index is -1.00. The van der Waals surface area contributed by atoms with Gasteiger partial charge in [0.05, 0.1) is 33.1 Å². The number of rotatable bonds is 4. The van der Waals surface area contributed by atoms with Gasteiger partial charge in [0, 0.05) is 29.5 Å². The van der Waals surface area contributed by atoms with Crippen LogP contribution in [0.15, 0.2) is 47.3 Å². The number of aromatic nitrogens is 4. The number of aliphatic hydroxyl groups is 2. The molecular formula is C22H19BrClN5O3. The number of hydrogen-bond donors (Lipinski definition) is 3. The van der Waals surface area contributed by atoms with Crippen LogP contribution in [0.4, 0.5) is 5.82 Å². The van der Waals surface area contributed by atoms with Crippen molar-refractivity contribution in [2.24, 2.45) is 11.8 Å². The van der Waals surface area contributed by atoms with Crippen molar-refractivity contribution in [1.29, 1.82) is 0 Å². The van der Waals surface area contributed by atoms with E-state index in [1.54, 1.807) is 13.0 Å². The van der Waals surface area contributed by atoms with Gasteiger partial charge >= 0.3 is 0 Å². The summed E-state index contributed by atoms with van der Waals surface area (Å²) in [6, 6.07) is 9.05. The summed E-state index contributed by atoms with van der Waals surface area (Å²) in [7, 11) is 0. The van der Waals surface area contributed by atoms with Crippen molar-refractivity contribution >= 4 is 55.3 Å². The molecule has 0 spiro atoms. The fraction of sp³-hybridized carbons (Fsp3) is 0.318. The smallest absolute Gasteiger partial charge is 0.145 e. The summed E-state index contributed by atoms with van der Waals surface area (Å²) in [5.74, 6) is 0.611. The second-order valence-electron chi connectivity index (χ2n) is 8.68. The van der Waals surface area contributed by atoms with Gasteiger partial charge in [-0.15, -0.1) is 0 Å². The van der Waals surface area contributed by atoms with E-state index in [9.17, 15) is 10.2 Å². The first kappa shape index (κ1) is 20.2. The molecule has 3 aromatic heterocycles. The van der Waals surface area contributed by atoms with Crippen molar-refractivity contribution in [3.8, 4) is 5.75 Å². The molecule has 4 N–H and O–H groups in total. The Hall–Kier alpha value is -2.46. The number of halogens is 2. The third-order valence-corrected chi connectivity index (χ3v) is 7.63. The first-order valence-corrected chi connectivity index (χ1v) is 11.3. The Morgan fingerprint density at radius 2 is 2.06 bits per heavy atom. The molecule has 0 aliphatic heterocycles. The molecule has 8 nitrogen and oxygen atoms in total. The lowest BCUT2D eigenvalue weighted by Crippen LogP contribution is -2.10. The highest BCUT2D eigenvalue weighted by atomic mass is 79.9. The van der Waals surface area contributed by atoms with Crippen LogP contribution < -0.4 is 10.5 Å². The molecule has 0 amide bonds. The summed E-state index contributed by atoms with van der Waals surface area (Å²) < 4.78 is 8.74. The molecular weight excluding hydrogens is 498 g/mol. The maximum atomic E-state index is 11.1. The minimum absolute atomic E-state index is 0.183. The molecule has 0 radical (unpaired) electrons. The number of hydrogen-bond acceptors (Lipinski definition) is 7. The number of fused-ring (bicyclic) bond motifs is 2. The number of nitrogens with two attached hydrogens (primary N) is 1. The van der Waals surface area contributed by atoms with Crippen molar-refractivity contribution in [2.75, 3.05) is 5.73 Å². The Morgan fingerprint density at radius 1 is 1.25 bits per heavy atom. The Kier molecular flexibility index (Phi) is 4.27. The first-order valence-electron chi connectivity index (χ1n) is 10.2. The first-order chi connectivity index (χ1) is 15.3. The van der Waals surface area contributed by atoms with Crippen LogP contribution in [0.5, 0.6) is 5.75 Å². The molecule has 2 aliphatic rings. The van der Waals surface area contributed by atoms with Crippen LogP contribution in [-0.4, -0.2) is 47.5 Å². The molecule has 3 heterocycles. The van der Waals surface area contributed by atoms with Crippen LogP contribution in [-0.2, 0) is 0 Å². The summed E-state index contributed by atoms with van der Waals surface area (Å²) in [5, 5.41) is 23.7. The van der Waals surface area contributed by atoms with E-state index in [0.717, 1.165) is 15.2 Å². The van der Waals surface area contributed by atoms with Crippen molar-refractivity contribution in [3.63, 3.8) is 0 Å². The van der Waals surface area contributed by atoms with E-state index in [1.165, 1.54) is 6.33 Å². The van der Waals surface area contributed by atoms with E-state index in [4.69, 9.17) is 22.1 Å². The van der Waals surface area contributed by atoms with Gasteiger partial charge in [-0.2, -0.15) is 0 Å². The van der Waals surface area contributed by atoms with Crippen LogP contribution in [0.1, 0.15) is 13.0 Å². The standard InChI is InChI=1S/C22H19BrClN5O3/c1-22(31)15(18(22)29-5-4-11-19(24)26-8-27-21(11)29)14-16(30)17(14)32-10-3-2-9-6-12(23)20(25)28-13(9)7-10/h2-8,14-18,30-31H,1H3,(H2,25,28)/t14-,15?,16-,17?,18+,22+/m0/s1. The van der Waals surface area contributed by atoms with E-state index in [-0.39, 0.29) is 17.9 Å². The predicted molar refractivity (Wildman–Crippen MR) is 123 cm³/mol. The summed E-state index contributed by atoms with van der Waals surface area (Å²) >= 11 is 9.55. The number of anilines is 1. The van der Waals surface area contributed by atoms with Gasteiger partial charge in [-0.3, -0.25) is 0 Å². The lowest BCUT2D eigenvalue weighted by molar-refractivity contribution is 0.130. The maximum absolute atomic E-state index is 11.1. The van der Waals surface area contributed by atoms with Gasteiger partial charge in [-0.25, -0.2) is 15.0 Å². The van der Waals surface area contributed by atoms with Crippen LogP contribution in [0, 0.1) is 11.8 Å². The molecule has 6 atom stereocenters. The largest absolute Gasteiger partial charge is 0.487 e. The maximum Gasteiger partial charge on any atom is 0.145 e. The molecule has 4 aromatic rings. The average Bonchev–Trinajstić information content (AvgIpc) is 3.43. The fourth-order valence-corrected chi connectivity index (χ4v) is 5.48. The summed E-state index contributed by atoms with van der Waals surface area (Å²) in [5.41, 5.74) is 6.27. The zero-order chi connectivity index (χ0) is 22.4. The number of nitrogens with zero attached hydrogens (tertiary/aromatic N) is 4. The highest BCUT2D eigenvalue weighted by molar-refractivity contribution is 9.10. The third kappa shape index (κ3) is 2.92. The van der Waals surface area contributed by atoms with Crippen molar-refractivity contribution < 1.29 is 14.9 Å². The zero-order valence-electron chi connectivity index (χ0n) is 16.9. The Morgan fingerprint density at radius 3 is 2.88 bits per heavy atom. The summed E-state index contributed by atoms with van der Waals surface area (Å²) in [4.78, 5) is 12.7. The molecule has 0 saturated heterocycles. The Bertz CT molecular complexity index is 1390. The molecule has 2 saturated carbocycles. The number of ether oxygens (including phenoxy) is 1. The number of nitrogen functional groups attached to an aromatic ring is 1. The van der Waals surface area contributed by atoms with E-state index in [1.807, 2.05) is 35.0 Å². The normalized spacial score (nSPS) is 31.2. The molecule has 2 aliphatic carbocycles. The van der Waals surface area contributed by atoms with Gasteiger partial charge in [0.25, 0.3) is 0 Å². The second kappa shape index (κ2) is 6.77. The molecule has 2 fully saturated rings. The van der Waals surface area contributed by atoms with Crippen LogP contribution in [0.3, 0.4) is 0 Å². The molecule has 2 unspecified atom stereocenters. The number of pyridine rings is 1. The SMILES string of the molecule is C[C@@]1(O)C([C@@H]2C(Oc3ccc4cc(Br)c(N)nc4c3)[C@H]2O)[C@H]1n1ccc2c(Cl)ncnc21. The van der Waals surface area contributed by atoms with Crippen molar-refractivity contribution in [1.82, 2.24) is 19.5 Å². The Labute approximate surface area is 196 Å². The average molecular weight is 517 g/mol. The molecule has 32 heavy (non-hydrogen) atoms. The lowest BCUT2D eigenvalue weighted by atomic mass is 10.2. The van der Waals surface area contributed by atoms with Crippen LogP contribution in [0.25, 0.3) is 21.9 Å². The molecule has 1 aromatic carbocycles. The van der Waals surface area contributed by atoms with E-state index in [2.05, 4.69) is 30.9 Å². The van der Waals surface area contributed by atoms with Crippen LogP contribution in [0.2, 0.25) is 5.15 Å². The number of benzene rings is 1. The predicted octanol–water partition coefficient (Wildman–Crippen LogP) is 3.34. The third-order valence-electron chi connectivity index (χ3n) is 6.69. The Balaban J connectivity index is 1.25. The van der Waals surface area contributed by atoms with Crippen molar-refractivity contribution in [2.45, 2.75) is 30.8 Å². The van der Waals surface area contributed by atoms with Gasteiger partial charge in [0.2, 0.25) is 0 Å². The van der Waals surface area contributed by atoms with E-state index in [0.29, 0.717) is 27.9 Å². The van der Waals surface area contributed by atoms with E-state index >= 15 is 0 Å². The van der Waals surface area contributed by atoms with Gasteiger partial charge in [0.15, 0.2) is 0 Å². The minimum Gasteiger partial charge on any atom is -0.487 e. The number of aliphatic hydroxyl groups excluding tert-OH is 1. The van der Waals surface area contributed by atoms with E-state index < -0.39 is 17.8 Å².